The minimum Gasteiger partial charge on any atom is -0.493 e. The van der Waals surface area contributed by atoms with Gasteiger partial charge in [0.25, 0.3) is 5.90 Å². The monoisotopic (exact) mass is 535 g/mol. The van der Waals surface area contributed by atoms with Gasteiger partial charge in [-0.1, -0.05) is 23.7 Å². The molecular formula is C22H15ClINO5. The summed E-state index contributed by atoms with van der Waals surface area (Å²) in [6, 6.07) is 14.7. The molecular weight excluding hydrogens is 521 g/mol. The molecule has 0 unspecified atom stereocenters. The molecule has 4 rings (SSSR count). The summed E-state index contributed by atoms with van der Waals surface area (Å²) in [4.78, 5) is 16.3. The zero-order valence-electron chi connectivity index (χ0n) is 15.7. The topological polar surface area (TPSA) is 70.3 Å². The summed E-state index contributed by atoms with van der Waals surface area (Å²) in [6.45, 7) is 0.344. The van der Waals surface area contributed by atoms with Gasteiger partial charge in [0, 0.05) is 3.57 Å². The standard InChI is InChI=1S/C22H15ClINO5/c1-27-19-11-14(10-17-22(26)30-21(25-17)18-6-3-7-28-18)9-16(23)20(19)29-12-13-4-2-5-15(24)8-13/h2-11H,12H2,1H3/b17-10-. The van der Waals surface area contributed by atoms with Crippen LogP contribution in [0.4, 0.5) is 0 Å². The molecule has 0 atom stereocenters. The molecule has 6 nitrogen and oxygen atoms in total. The number of benzene rings is 2. The van der Waals surface area contributed by atoms with Gasteiger partial charge < -0.3 is 18.6 Å². The Morgan fingerprint density at radius 3 is 2.80 bits per heavy atom. The number of carbonyl (C=O) groups excluding carboxylic acids is 1. The normalized spacial score (nSPS) is 14.6. The Labute approximate surface area is 191 Å². The first-order valence-electron chi connectivity index (χ1n) is 8.84. The van der Waals surface area contributed by atoms with E-state index in [1.54, 1.807) is 30.3 Å². The Balaban J connectivity index is 1.59. The molecule has 2 heterocycles. The minimum atomic E-state index is -0.574. The molecule has 2 aromatic carbocycles. The summed E-state index contributed by atoms with van der Waals surface area (Å²) in [5.41, 5.74) is 1.77. The average Bonchev–Trinajstić information content (AvgIpc) is 3.37. The van der Waals surface area contributed by atoms with Gasteiger partial charge in [0.2, 0.25) is 0 Å². The van der Waals surface area contributed by atoms with Crippen molar-refractivity contribution in [3.63, 3.8) is 0 Å². The van der Waals surface area contributed by atoms with Crippen molar-refractivity contribution in [3.8, 4) is 11.5 Å². The molecule has 1 aromatic heterocycles. The number of aliphatic imine (C=N–C) groups is 1. The van der Waals surface area contributed by atoms with Crippen molar-refractivity contribution in [2.75, 3.05) is 7.11 Å². The van der Waals surface area contributed by atoms with E-state index in [-0.39, 0.29) is 11.6 Å². The smallest absolute Gasteiger partial charge is 0.363 e. The zero-order chi connectivity index (χ0) is 21.1. The van der Waals surface area contributed by atoms with E-state index in [1.165, 1.54) is 13.4 Å². The third-order valence-electron chi connectivity index (χ3n) is 4.18. The van der Waals surface area contributed by atoms with E-state index >= 15 is 0 Å². The van der Waals surface area contributed by atoms with Crippen LogP contribution >= 0.6 is 34.2 Å². The molecule has 152 valence electrons. The lowest BCUT2D eigenvalue weighted by Crippen LogP contribution is -2.04. The lowest BCUT2D eigenvalue weighted by molar-refractivity contribution is -0.130. The molecule has 1 aliphatic heterocycles. The fraction of sp³-hybridized carbons (Fsp3) is 0.0909. The van der Waals surface area contributed by atoms with Gasteiger partial charge in [-0.15, -0.1) is 0 Å². The van der Waals surface area contributed by atoms with Crippen molar-refractivity contribution in [1.82, 2.24) is 0 Å². The van der Waals surface area contributed by atoms with Crippen molar-refractivity contribution in [2.24, 2.45) is 4.99 Å². The van der Waals surface area contributed by atoms with Gasteiger partial charge in [-0.05, 0) is 76.2 Å². The van der Waals surface area contributed by atoms with Crippen LogP contribution in [0.1, 0.15) is 16.9 Å². The molecule has 3 aromatic rings. The summed E-state index contributed by atoms with van der Waals surface area (Å²) >= 11 is 8.69. The number of ether oxygens (including phenoxy) is 3. The quantitative estimate of drug-likeness (QED) is 0.238. The van der Waals surface area contributed by atoms with Gasteiger partial charge in [0.1, 0.15) is 6.61 Å². The van der Waals surface area contributed by atoms with Gasteiger partial charge >= 0.3 is 5.97 Å². The van der Waals surface area contributed by atoms with E-state index in [9.17, 15) is 4.79 Å². The van der Waals surface area contributed by atoms with E-state index in [1.807, 2.05) is 24.3 Å². The Bertz CT molecular complexity index is 1150. The fourth-order valence-corrected chi connectivity index (χ4v) is 3.70. The van der Waals surface area contributed by atoms with Crippen LogP contribution in [0.5, 0.6) is 11.5 Å². The Hall–Kier alpha value is -2.78. The summed E-state index contributed by atoms with van der Waals surface area (Å²) < 4.78 is 22.8. The number of halogens is 2. The predicted molar refractivity (Wildman–Crippen MR) is 121 cm³/mol. The van der Waals surface area contributed by atoms with Crippen LogP contribution in [-0.2, 0) is 16.1 Å². The van der Waals surface area contributed by atoms with Crippen LogP contribution in [0.15, 0.2) is 69.9 Å². The highest BCUT2D eigenvalue weighted by atomic mass is 127. The third kappa shape index (κ3) is 4.52. The van der Waals surface area contributed by atoms with Gasteiger partial charge in [-0.2, -0.15) is 0 Å². The van der Waals surface area contributed by atoms with Crippen molar-refractivity contribution < 1.29 is 23.4 Å². The van der Waals surface area contributed by atoms with E-state index in [0.717, 1.165) is 9.13 Å². The minimum absolute atomic E-state index is 0.117. The molecule has 0 N–H and O–H groups in total. The molecule has 0 aliphatic carbocycles. The first kappa shape index (κ1) is 20.5. The van der Waals surface area contributed by atoms with Crippen molar-refractivity contribution in [1.29, 1.82) is 0 Å². The molecule has 0 amide bonds. The second-order valence-electron chi connectivity index (χ2n) is 6.27. The van der Waals surface area contributed by atoms with E-state index in [0.29, 0.717) is 34.5 Å². The van der Waals surface area contributed by atoms with E-state index < -0.39 is 5.97 Å². The summed E-state index contributed by atoms with van der Waals surface area (Å²) in [5.74, 6) is 0.791. The van der Waals surface area contributed by atoms with Crippen LogP contribution in [0.2, 0.25) is 5.02 Å². The summed E-state index contributed by atoms with van der Waals surface area (Å²) in [6.07, 6.45) is 3.04. The number of carbonyl (C=O) groups is 1. The highest BCUT2D eigenvalue weighted by Crippen LogP contribution is 2.38. The largest absolute Gasteiger partial charge is 0.493 e. The number of methoxy groups -OCH3 is 1. The van der Waals surface area contributed by atoms with Crippen molar-refractivity contribution >= 4 is 52.1 Å². The van der Waals surface area contributed by atoms with Gasteiger partial charge in [0.05, 0.1) is 18.4 Å². The van der Waals surface area contributed by atoms with Crippen LogP contribution in [-0.4, -0.2) is 19.0 Å². The maximum atomic E-state index is 12.1. The fourth-order valence-electron chi connectivity index (χ4n) is 2.82. The highest BCUT2D eigenvalue weighted by molar-refractivity contribution is 14.1. The lowest BCUT2D eigenvalue weighted by atomic mass is 10.1. The second-order valence-corrected chi connectivity index (χ2v) is 7.92. The van der Waals surface area contributed by atoms with Crippen molar-refractivity contribution in [3.05, 3.63) is 86.0 Å². The summed E-state index contributed by atoms with van der Waals surface area (Å²) in [5, 5.41) is 0.355. The van der Waals surface area contributed by atoms with E-state index in [4.69, 9.17) is 30.2 Å². The number of nitrogens with zero attached hydrogens (tertiary/aromatic N) is 1. The number of hydrogen-bond acceptors (Lipinski definition) is 6. The second kappa shape index (κ2) is 8.93. The lowest BCUT2D eigenvalue weighted by Gasteiger charge is -2.13. The summed E-state index contributed by atoms with van der Waals surface area (Å²) in [7, 11) is 1.53. The maximum absolute atomic E-state index is 12.1. The number of hydrogen-bond donors (Lipinski definition) is 0. The Kier molecular flexibility index (Phi) is 6.10. The van der Waals surface area contributed by atoms with Gasteiger partial charge in [-0.25, -0.2) is 9.79 Å². The van der Waals surface area contributed by atoms with Gasteiger partial charge in [0.15, 0.2) is 23.0 Å². The molecule has 8 heteroatoms. The molecule has 0 saturated carbocycles. The Morgan fingerprint density at radius 1 is 1.20 bits per heavy atom. The number of esters is 1. The van der Waals surface area contributed by atoms with Crippen LogP contribution < -0.4 is 9.47 Å². The first-order valence-corrected chi connectivity index (χ1v) is 10.3. The molecule has 0 bridgehead atoms. The van der Waals surface area contributed by atoms with Gasteiger partial charge in [-0.3, -0.25) is 0 Å². The first-order chi connectivity index (χ1) is 14.5. The highest BCUT2D eigenvalue weighted by Gasteiger charge is 2.26. The van der Waals surface area contributed by atoms with Crippen molar-refractivity contribution in [2.45, 2.75) is 6.61 Å². The number of furan rings is 1. The number of rotatable bonds is 6. The maximum Gasteiger partial charge on any atom is 0.363 e. The van der Waals surface area contributed by atoms with Crippen LogP contribution in [0.25, 0.3) is 6.08 Å². The number of cyclic esters (lactones) is 1. The average molecular weight is 536 g/mol. The molecule has 0 fully saturated rings. The third-order valence-corrected chi connectivity index (χ3v) is 5.13. The molecule has 30 heavy (non-hydrogen) atoms. The Morgan fingerprint density at radius 2 is 2.07 bits per heavy atom. The van der Waals surface area contributed by atoms with Crippen LogP contribution in [0, 0.1) is 3.57 Å². The molecule has 0 spiro atoms. The predicted octanol–water partition coefficient (Wildman–Crippen LogP) is 5.47. The SMILES string of the molecule is COc1cc(/C=C2\N=C(c3ccco3)OC2=O)cc(Cl)c1OCc1cccc(I)c1. The van der Waals surface area contributed by atoms with E-state index in [2.05, 4.69) is 27.6 Å². The molecule has 0 saturated heterocycles. The molecule has 0 radical (unpaired) electrons. The van der Waals surface area contributed by atoms with Crippen LogP contribution in [0.3, 0.4) is 0 Å². The molecule has 1 aliphatic rings. The zero-order valence-corrected chi connectivity index (χ0v) is 18.6.